The van der Waals surface area contributed by atoms with Crippen molar-refractivity contribution in [1.82, 2.24) is 20.4 Å². The van der Waals surface area contributed by atoms with Crippen LogP contribution in [0.15, 0.2) is 24.3 Å². The molecule has 1 fully saturated rings. The number of halogens is 3. The first-order valence-corrected chi connectivity index (χ1v) is 10.3. The third-order valence-electron chi connectivity index (χ3n) is 5.84. The molecule has 0 saturated carbocycles. The fourth-order valence-corrected chi connectivity index (χ4v) is 4.29. The number of amides is 1. The van der Waals surface area contributed by atoms with E-state index in [4.69, 9.17) is 0 Å². The van der Waals surface area contributed by atoms with Crippen LogP contribution in [-0.2, 0) is 17.5 Å². The van der Waals surface area contributed by atoms with Gasteiger partial charge in [0.2, 0.25) is 5.91 Å². The lowest BCUT2D eigenvalue weighted by molar-refractivity contribution is -0.137. The van der Waals surface area contributed by atoms with E-state index in [2.05, 4.69) is 20.4 Å². The van der Waals surface area contributed by atoms with Gasteiger partial charge in [-0.3, -0.25) is 14.8 Å². The van der Waals surface area contributed by atoms with Gasteiger partial charge < -0.3 is 5.32 Å². The average Bonchev–Trinajstić information content (AvgIpc) is 3.01. The topological polar surface area (TPSA) is 61.0 Å². The van der Waals surface area contributed by atoms with E-state index in [0.717, 1.165) is 48.9 Å². The van der Waals surface area contributed by atoms with Crippen LogP contribution < -0.4 is 5.32 Å². The summed E-state index contributed by atoms with van der Waals surface area (Å²) in [4.78, 5) is 14.6. The quantitative estimate of drug-likeness (QED) is 0.719. The minimum atomic E-state index is -4.32. The van der Waals surface area contributed by atoms with Crippen molar-refractivity contribution in [3.05, 3.63) is 52.3 Å². The number of H-pyrrole nitrogens is 1. The van der Waals surface area contributed by atoms with Crippen molar-refractivity contribution in [1.29, 1.82) is 0 Å². The molecule has 2 heterocycles. The first kappa shape index (κ1) is 22.3. The molecule has 2 N–H and O–H groups in total. The smallest absolute Gasteiger partial charge is 0.349 e. The number of benzene rings is 1. The van der Waals surface area contributed by atoms with Crippen molar-refractivity contribution in [3.8, 4) is 0 Å². The summed E-state index contributed by atoms with van der Waals surface area (Å²) in [6.45, 7) is 7.88. The molecule has 3 rings (SSSR count). The van der Waals surface area contributed by atoms with E-state index in [-0.39, 0.29) is 11.9 Å². The molecule has 1 atom stereocenters. The molecule has 1 aliphatic heterocycles. The van der Waals surface area contributed by atoms with Crippen LogP contribution in [0.25, 0.3) is 0 Å². The molecule has 2 aromatic rings. The minimum absolute atomic E-state index is 0.0267. The van der Waals surface area contributed by atoms with Gasteiger partial charge in [-0.25, -0.2) is 0 Å². The molecule has 0 radical (unpaired) electrons. The summed E-state index contributed by atoms with van der Waals surface area (Å²) in [7, 11) is 0. The van der Waals surface area contributed by atoms with Crippen LogP contribution in [0.5, 0.6) is 0 Å². The largest absolute Gasteiger partial charge is 0.416 e. The van der Waals surface area contributed by atoms with Crippen LogP contribution in [0.3, 0.4) is 0 Å². The Balaban J connectivity index is 1.46. The number of carbonyl (C=O) groups excluding carboxylic acids is 1. The Morgan fingerprint density at radius 2 is 2.00 bits per heavy atom. The zero-order valence-corrected chi connectivity index (χ0v) is 17.6. The molecular weight excluding hydrogens is 393 g/mol. The molecular formula is C22H29F3N4O. The van der Waals surface area contributed by atoms with Crippen LogP contribution >= 0.6 is 0 Å². The number of aromatic nitrogens is 2. The normalized spacial score (nSPS) is 17.1. The summed E-state index contributed by atoms with van der Waals surface area (Å²) in [5.41, 5.74) is 2.94. The lowest BCUT2D eigenvalue weighted by Gasteiger charge is -2.32. The second kappa shape index (κ2) is 9.20. The second-order valence-corrected chi connectivity index (χ2v) is 8.26. The van der Waals surface area contributed by atoms with Crippen molar-refractivity contribution in [2.45, 2.75) is 58.8 Å². The summed E-state index contributed by atoms with van der Waals surface area (Å²) in [6, 6.07) is 5.41. The Labute approximate surface area is 175 Å². The maximum Gasteiger partial charge on any atom is 0.416 e. The fraction of sp³-hybridized carbons (Fsp3) is 0.545. The molecule has 164 valence electrons. The van der Waals surface area contributed by atoms with Crippen molar-refractivity contribution in [2.75, 3.05) is 13.1 Å². The van der Waals surface area contributed by atoms with Gasteiger partial charge in [0.1, 0.15) is 0 Å². The Hall–Kier alpha value is -2.35. The third kappa shape index (κ3) is 5.62. The van der Waals surface area contributed by atoms with Crippen molar-refractivity contribution in [2.24, 2.45) is 5.92 Å². The summed E-state index contributed by atoms with van der Waals surface area (Å²) >= 11 is 0. The number of likely N-dealkylation sites (tertiary alicyclic amines) is 1. The molecule has 0 bridgehead atoms. The lowest BCUT2D eigenvalue weighted by Crippen LogP contribution is -2.36. The predicted octanol–water partition coefficient (Wildman–Crippen LogP) is 4.52. The second-order valence-electron chi connectivity index (χ2n) is 8.26. The number of nitrogens with one attached hydrogen (secondary N) is 2. The van der Waals surface area contributed by atoms with E-state index in [1.807, 2.05) is 20.8 Å². The number of nitrogens with zero attached hydrogens (tertiary/aromatic N) is 2. The van der Waals surface area contributed by atoms with E-state index in [1.54, 1.807) is 6.07 Å². The van der Waals surface area contributed by atoms with Gasteiger partial charge in [-0.2, -0.15) is 18.3 Å². The van der Waals surface area contributed by atoms with E-state index in [1.165, 1.54) is 12.1 Å². The Bertz CT molecular complexity index is 850. The van der Waals surface area contributed by atoms with Crippen molar-refractivity contribution < 1.29 is 18.0 Å². The molecule has 1 aliphatic rings. The van der Waals surface area contributed by atoms with Crippen molar-refractivity contribution >= 4 is 5.91 Å². The molecule has 1 amide bonds. The molecule has 30 heavy (non-hydrogen) atoms. The molecule has 0 spiro atoms. The predicted molar refractivity (Wildman–Crippen MR) is 109 cm³/mol. The highest BCUT2D eigenvalue weighted by molar-refractivity contribution is 5.76. The van der Waals surface area contributed by atoms with Crippen LogP contribution in [0, 0.1) is 19.8 Å². The average molecular weight is 422 g/mol. The van der Waals surface area contributed by atoms with Crippen LogP contribution in [0.1, 0.15) is 60.3 Å². The summed E-state index contributed by atoms with van der Waals surface area (Å²) in [5, 5.41) is 10.2. The summed E-state index contributed by atoms with van der Waals surface area (Å²) in [5.74, 6) is 0.320. The van der Waals surface area contributed by atoms with E-state index in [0.29, 0.717) is 24.4 Å². The van der Waals surface area contributed by atoms with E-state index < -0.39 is 11.7 Å². The number of rotatable bonds is 6. The van der Waals surface area contributed by atoms with Gasteiger partial charge in [-0.05, 0) is 64.3 Å². The van der Waals surface area contributed by atoms with Gasteiger partial charge >= 0.3 is 6.18 Å². The number of hydrogen-bond donors (Lipinski definition) is 2. The number of piperidine rings is 1. The molecule has 1 aromatic carbocycles. The summed E-state index contributed by atoms with van der Waals surface area (Å²) < 4.78 is 38.7. The summed E-state index contributed by atoms with van der Waals surface area (Å²) in [6.07, 6.45) is -2.12. The zero-order valence-electron chi connectivity index (χ0n) is 17.6. The Morgan fingerprint density at radius 1 is 1.30 bits per heavy atom. The van der Waals surface area contributed by atoms with Crippen LogP contribution in [0.4, 0.5) is 13.2 Å². The molecule has 5 nitrogen and oxygen atoms in total. The maximum atomic E-state index is 12.9. The monoisotopic (exact) mass is 422 g/mol. The van der Waals surface area contributed by atoms with E-state index in [9.17, 15) is 18.0 Å². The lowest BCUT2D eigenvalue weighted by atomic mass is 9.92. The SMILES string of the molecule is Cc1n[nH]c(C)c1[C@@H](C)NC(=O)CC1CCN(Cc2cccc(C(F)(F)F)c2)CC1. The number of alkyl halides is 3. The van der Waals surface area contributed by atoms with Crippen molar-refractivity contribution in [3.63, 3.8) is 0 Å². The van der Waals surface area contributed by atoms with Crippen LogP contribution in [-0.4, -0.2) is 34.1 Å². The first-order chi connectivity index (χ1) is 14.1. The van der Waals surface area contributed by atoms with E-state index >= 15 is 0 Å². The fourth-order valence-electron chi connectivity index (χ4n) is 4.29. The number of aryl methyl sites for hydroxylation is 2. The molecule has 1 aromatic heterocycles. The van der Waals surface area contributed by atoms with Crippen LogP contribution in [0.2, 0.25) is 0 Å². The number of carbonyl (C=O) groups is 1. The Kier molecular flexibility index (Phi) is 6.85. The Morgan fingerprint density at radius 3 is 2.60 bits per heavy atom. The molecule has 1 saturated heterocycles. The molecule has 0 aliphatic carbocycles. The third-order valence-corrected chi connectivity index (χ3v) is 5.84. The van der Waals surface area contributed by atoms with Gasteiger partial charge in [0.25, 0.3) is 0 Å². The number of hydrogen-bond acceptors (Lipinski definition) is 3. The van der Waals surface area contributed by atoms with Gasteiger partial charge in [0.15, 0.2) is 0 Å². The van der Waals surface area contributed by atoms with Gasteiger partial charge in [0.05, 0.1) is 17.3 Å². The van der Waals surface area contributed by atoms with Gasteiger partial charge in [0, 0.05) is 24.2 Å². The maximum absolute atomic E-state index is 12.9. The van der Waals surface area contributed by atoms with Gasteiger partial charge in [-0.1, -0.05) is 18.2 Å². The zero-order chi connectivity index (χ0) is 21.9. The molecule has 0 unspecified atom stereocenters. The highest BCUT2D eigenvalue weighted by Gasteiger charge is 2.30. The molecule has 8 heteroatoms. The standard InChI is InChI=1S/C22H29F3N4O/c1-14(21-15(2)27-28-16(21)3)26-20(30)12-17-7-9-29(10-8-17)13-18-5-4-6-19(11-18)22(23,24)25/h4-6,11,14,17H,7-10,12-13H2,1-3H3,(H,26,30)(H,27,28)/t14-/m1/s1. The minimum Gasteiger partial charge on any atom is -0.349 e. The first-order valence-electron chi connectivity index (χ1n) is 10.3. The highest BCUT2D eigenvalue weighted by Crippen LogP contribution is 2.30. The number of aromatic amines is 1. The highest BCUT2D eigenvalue weighted by atomic mass is 19.4. The van der Waals surface area contributed by atoms with Gasteiger partial charge in [-0.15, -0.1) is 0 Å².